The number of nitrogens with zero attached hydrogens (tertiary/aromatic N) is 2. The molecule has 15 heavy (non-hydrogen) atoms. The molecule has 0 spiro atoms. The lowest BCUT2D eigenvalue weighted by atomic mass is 9.96. The molecule has 0 aliphatic heterocycles. The molecule has 1 aliphatic carbocycles. The van der Waals surface area contributed by atoms with E-state index in [0.29, 0.717) is 12.0 Å². The van der Waals surface area contributed by atoms with E-state index in [1.807, 2.05) is 0 Å². The minimum Gasteiger partial charge on any atom is -0.473 e. The van der Waals surface area contributed by atoms with Crippen LogP contribution in [0, 0.1) is 11.8 Å². The van der Waals surface area contributed by atoms with Crippen LogP contribution in [0.4, 0.5) is 0 Å². The third kappa shape index (κ3) is 2.46. The largest absolute Gasteiger partial charge is 0.473 e. The predicted octanol–water partition coefficient (Wildman–Crippen LogP) is 2.68. The van der Waals surface area contributed by atoms with Crippen molar-refractivity contribution in [3.8, 4) is 5.88 Å². The molecule has 3 atom stereocenters. The molecular formula is C12H18N2O. The van der Waals surface area contributed by atoms with Crippen molar-refractivity contribution in [1.82, 2.24) is 9.97 Å². The van der Waals surface area contributed by atoms with Gasteiger partial charge in [0.1, 0.15) is 6.10 Å². The third-order valence-electron chi connectivity index (χ3n) is 3.36. The highest BCUT2D eigenvalue weighted by Gasteiger charge is 2.31. The summed E-state index contributed by atoms with van der Waals surface area (Å²) in [5.74, 6) is 2.25. The van der Waals surface area contributed by atoms with Crippen LogP contribution in [0.5, 0.6) is 5.88 Å². The average Bonchev–Trinajstić information content (AvgIpc) is 2.60. The van der Waals surface area contributed by atoms with Crippen LogP contribution in [0.2, 0.25) is 0 Å². The van der Waals surface area contributed by atoms with Gasteiger partial charge in [0.15, 0.2) is 0 Å². The maximum atomic E-state index is 5.80. The van der Waals surface area contributed by atoms with Gasteiger partial charge in [0, 0.05) is 12.4 Å². The van der Waals surface area contributed by atoms with E-state index in [1.54, 1.807) is 18.6 Å². The van der Waals surface area contributed by atoms with Crippen LogP contribution in [-0.2, 0) is 0 Å². The molecule has 1 saturated carbocycles. The Morgan fingerprint density at radius 3 is 2.87 bits per heavy atom. The number of ether oxygens (including phenoxy) is 1. The molecule has 1 heterocycles. The first-order valence-corrected chi connectivity index (χ1v) is 5.72. The Balaban J connectivity index is 1.92. The molecule has 1 aromatic heterocycles. The third-order valence-corrected chi connectivity index (χ3v) is 3.36. The summed E-state index contributed by atoms with van der Waals surface area (Å²) in [4.78, 5) is 8.13. The molecule has 0 N–H and O–H groups in total. The second-order valence-electron chi connectivity index (χ2n) is 4.40. The molecule has 1 fully saturated rings. The van der Waals surface area contributed by atoms with E-state index in [1.165, 1.54) is 6.42 Å². The highest BCUT2D eigenvalue weighted by atomic mass is 16.5. The van der Waals surface area contributed by atoms with Crippen molar-refractivity contribution in [2.75, 3.05) is 0 Å². The van der Waals surface area contributed by atoms with Gasteiger partial charge in [0.25, 0.3) is 0 Å². The summed E-state index contributed by atoms with van der Waals surface area (Å²) in [7, 11) is 0. The normalized spacial score (nSPS) is 30.4. The minimum absolute atomic E-state index is 0.335. The van der Waals surface area contributed by atoms with Gasteiger partial charge in [0.2, 0.25) is 5.88 Å². The van der Waals surface area contributed by atoms with Crippen LogP contribution in [0.15, 0.2) is 18.6 Å². The summed E-state index contributed by atoms with van der Waals surface area (Å²) in [5.41, 5.74) is 0. The molecule has 1 aromatic rings. The zero-order valence-corrected chi connectivity index (χ0v) is 9.39. The van der Waals surface area contributed by atoms with Crippen LogP contribution in [0.1, 0.15) is 33.1 Å². The fraction of sp³-hybridized carbons (Fsp3) is 0.667. The Labute approximate surface area is 90.9 Å². The maximum Gasteiger partial charge on any atom is 0.232 e. The summed E-state index contributed by atoms with van der Waals surface area (Å²) in [6.07, 6.45) is 8.92. The molecule has 0 aromatic carbocycles. The van der Waals surface area contributed by atoms with Crippen molar-refractivity contribution in [1.29, 1.82) is 0 Å². The van der Waals surface area contributed by atoms with E-state index in [2.05, 4.69) is 23.8 Å². The zero-order chi connectivity index (χ0) is 10.7. The number of hydrogen-bond donors (Lipinski definition) is 0. The van der Waals surface area contributed by atoms with Gasteiger partial charge in [0.05, 0.1) is 6.20 Å². The summed E-state index contributed by atoms with van der Waals surface area (Å²) in [6.45, 7) is 4.57. The number of hydrogen-bond acceptors (Lipinski definition) is 3. The van der Waals surface area contributed by atoms with Gasteiger partial charge in [-0.2, -0.15) is 0 Å². The minimum atomic E-state index is 0.335. The molecule has 3 nitrogen and oxygen atoms in total. The maximum absolute atomic E-state index is 5.80. The second kappa shape index (κ2) is 4.60. The summed E-state index contributed by atoms with van der Waals surface area (Å²) < 4.78 is 5.80. The summed E-state index contributed by atoms with van der Waals surface area (Å²) in [5, 5.41) is 0. The quantitative estimate of drug-likeness (QED) is 0.762. The van der Waals surface area contributed by atoms with Crippen LogP contribution < -0.4 is 4.74 Å². The number of aromatic nitrogens is 2. The molecule has 2 rings (SSSR count). The molecule has 82 valence electrons. The van der Waals surface area contributed by atoms with Crippen LogP contribution in [0.3, 0.4) is 0 Å². The van der Waals surface area contributed by atoms with Crippen molar-refractivity contribution in [3.63, 3.8) is 0 Å². The fourth-order valence-corrected chi connectivity index (χ4v) is 2.46. The molecule has 0 radical (unpaired) electrons. The lowest BCUT2D eigenvalue weighted by Gasteiger charge is -2.11. The van der Waals surface area contributed by atoms with E-state index in [0.717, 1.165) is 24.7 Å². The van der Waals surface area contributed by atoms with E-state index in [4.69, 9.17) is 4.74 Å². The van der Waals surface area contributed by atoms with Gasteiger partial charge in [-0.15, -0.1) is 0 Å². The highest BCUT2D eigenvalue weighted by Crippen LogP contribution is 2.35. The van der Waals surface area contributed by atoms with E-state index < -0.39 is 0 Å². The number of rotatable bonds is 3. The smallest absolute Gasteiger partial charge is 0.232 e. The highest BCUT2D eigenvalue weighted by molar-refractivity contribution is 5.02. The van der Waals surface area contributed by atoms with Gasteiger partial charge in [-0.25, -0.2) is 4.98 Å². The molecule has 1 aliphatic rings. The standard InChI is InChI=1S/C12H18N2O/c1-3-10-7-11(6-9(10)2)15-12-8-13-4-5-14-12/h4-5,8-11H,3,6-7H2,1-2H3/t9-,10-,11-/m0/s1. The van der Waals surface area contributed by atoms with Gasteiger partial charge in [-0.05, 0) is 24.7 Å². The Morgan fingerprint density at radius 1 is 1.40 bits per heavy atom. The zero-order valence-electron chi connectivity index (χ0n) is 9.39. The Hall–Kier alpha value is -1.12. The first-order chi connectivity index (χ1) is 7.29. The summed E-state index contributed by atoms with van der Waals surface area (Å²) >= 11 is 0. The average molecular weight is 206 g/mol. The second-order valence-corrected chi connectivity index (χ2v) is 4.40. The van der Waals surface area contributed by atoms with Crippen molar-refractivity contribution < 1.29 is 4.74 Å². The molecule has 0 unspecified atom stereocenters. The Morgan fingerprint density at radius 2 is 2.27 bits per heavy atom. The lowest BCUT2D eigenvalue weighted by molar-refractivity contribution is 0.193. The first-order valence-electron chi connectivity index (χ1n) is 5.72. The molecule has 0 amide bonds. The van der Waals surface area contributed by atoms with E-state index in [-0.39, 0.29) is 0 Å². The van der Waals surface area contributed by atoms with Gasteiger partial charge in [-0.3, -0.25) is 4.98 Å². The van der Waals surface area contributed by atoms with Gasteiger partial charge >= 0.3 is 0 Å². The monoisotopic (exact) mass is 206 g/mol. The van der Waals surface area contributed by atoms with Crippen LogP contribution in [0.25, 0.3) is 0 Å². The molecular weight excluding hydrogens is 188 g/mol. The fourth-order valence-electron chi connectivity index (χ4n) is 2.46. The van der Waals surface area contributed by atoms with Crippen molar-refractivity contribution >= 4 is 0 Å². The molecule has 0 bridgehead atoms. The summed E-state index contributed by atoms with van der Waals surface area (Å²) in [6, 6.07) is 0. The first kappa shape index (κ1) is 10.4. The predicted molar refractivity (Wildman–Crippen MR) is 58.6 cm³/mol. The van der Waals surface area contributed by atoms with Crippen molar-refractivity contribution in [2.24, 2.45) is 11.8 Å². The van der Waals surface area contributed by atoms with Crippen LogP contribution in [-0.4, -0.2) is 16.1 Å². The Bertz CT molecular complexity index is 302. The van der Waals surface area contributed by atoms with Crippen molar-refractivity contribution in [2.45, 2.75) is 39.2 Å². The van der Waals surface area contributed by atoms with Gasteiger partial charge < -0.3 is 4.74 Å². The topological polar surface area (TPSA) is 35.0 Å². The van der Waals surface area contributed by atoms with E-state index in [9.17, 15) is 0 Å². The Kier molecular flexibility index (Phi) is 3.19. The molecule has 0 saturated heterocycles. The molecule has 3 heteroatoms. The SMILES string of the molecule is CC[C@H]1C[C@@H](Oc2cnccn2)C[C@@H]1C. The van der Waals surface area contributed by atoms with Crippen LogP contribution >= 0.6 is 0 Å². The van der Waals surface area contributed by atoms with Crippen molar-refractivity contribution in [3.05, 3.63) is 18.6 Å². The lowest BCUT2D eigenvalue weighted by Crippen LogP contribution is -2.13. The van der Waals surface area contributed by atoms with Gasteiger partial charge in [-0.1, -0.05) is 20.3 Å². The van der Waals surface area contributed by atoms with E-state index >= 15 is 0 Å².